The topological polar surface area (TPSA) is 27.1 Å². The van der Waals surface area contributed by atoms with Crippen molar-refractivity contribution >= 4 is 15.9 Å². The van der Waals surface area contributed by atoms with Crippen LogP contribution in [0.25, 0.3) is 0 Å². The summed E-state index contributed by atoms with van der Waals surface area (Å²) in [6, 6.07) is 0. The highest BCUT2D eigenvalue weighted by Crippen LogP contribution is 2.24. The van der Waals surface area contributed by atoms with E-state index in [9.17, 15) is 0 Å². The summed E-state index contributed by atoms with van der Waals surface area (Å²) >= 11 is 3.57. The summed E-state index contributed by atoms with van der Waals surface area (Å²) in [5, 5.41) is 4.44. The fourth-order valence-electron chi connectivity index (χ4n) is 1.37. The Morgan fingerprint density at radius 3 is 2.50 bits per heavy atom. The molecule has 0 aliphatic heterocycles. The Kier molecular flexibility index (Phi) is 4.56. The second kappa shape index (κ2) is 5.32. The fraction of sp³-hybridized carbons (Fsp3) is 0.750. The number of nitrogens with zero attached hydrogens (tertiary/aromatic N) is 2. The maximum absolute atomic E-state index is 5.91. The normalized spacial score (nSPS) is 12.1. The van der Waals surface area contributed by atoms with Gasteiger partial charge in [-0.05, 0) is 50.0 Å². The minimum Gasteiger partial charge on any atom is -0.369 e. The summed E-state index contributed by atoms with van der Waals surface area (Å²) in [6.45, 7) is 11.9. The highest BCUT2D eigenvalue weighted by atomic mass is 79.9. The van der Waals surface area contributed by atoms with Gasteiger partial charge in [0.15, 0.2) is 0 Å². The van der Waals surface area contributed by atoms with Crippen molar-refractivity contribution in [2.75, 3.05) is 0 Å². The van der Waals surface area contributed by atoms with Crippen molar-refractivity contribution < 1.29 is 4.74 Å². The number of halogens is 1. The first-order chi connectivity index (χ1) is 7.41. The molecule has 0 unspecified atom stereocenters. The van der Waals surface area contributed by atoms with Crippen LogP contribution in [-0.4, -0.2) is 15.4 Å². The van der Waals surface area contributed by atoms with Gasteiger partial charge in [0.25, 0.3) is 0 Å². The third-order valence-corrected chi connectivity index (χ3v) is 3.94. The Morgan fingerprint density at radius 2 is 2.00 bits per heavy atom. The van der Waals surface area contributed by atoms with Crippen molar-refractivity contribution in [2.24, 2.45) is 0 Å². The van der Waals surface area contributed by atoms with E-state index in [4.69, 9.17) is 4.74 Å². The molecule has 0 atom stereocenters. The molecule has 1 aromatic heterocycles. The van der Waals surface area contributed by atoms with Crippen LogP contribution in [0.5, 0.6) is 0 Å². The molecule has 0 aliphatic carbocycles. The molecule has 0 saturated carbocycles. The van der Waals surface area contributed by atoms with Gasteiger partial charge in [0, 0.05) is 6.54 Å². The smallest absolute Gasteiger partial charge is 0.0903 e. The lowest BCUT2D eigenvalue weighted by Gasteiger charge is -2.23. The second-order valence-electron chi connectivity index (χ2n) is 4.56. The highest BCUT2D eigenvalue weighted by Gasteiger charge is 2.19. The van der Waals surface area contributed by atoms with E-state index in [0.717, 1.165) is 28.8 Å². The van der Waals surface area contributed by atoms with Crippen LogP contribution in [0, 0.1) is 6.92 Å². The van der Waals surface area contributed by atoms with Crippen LogP contribution < -0.4 is 0 Å². The summed E-state index contributed by atoms with van der Waals surface area (Å²) in [5.74, 6) is 0. The van der Waals surface area contributed by atoms with E-state index in [0.29, 0.717) is 6.61 Å². The van der Waals surface area contributed by atoms with Crippen molar-refractivity contribution in [3.05, 3.63) is 15.9 Å². The second-order valence-corrected chi connectivity index (χ2v) is 5.36. The van der Waals surface area contributed by atoms with Crippen LogP contribution in [0.3, 0.4) is 0 Å². The molecule has 0 amide bonds. The molecule has 1 heterocycles. The molecule has 0 spiro atoms. The van der Waals surface area contributed by atoms with Gasteiger partial charge in [0.1, 0.15) is 0 Å². The largest absolute Gasteiger partial charge is 0.369 e. The summed E-state index contributed by atoms with van der Waals surface area (Å²) < 4.78 is 8.97. The molecule has 4 heteroatoms. The summed E-state index contributed by atoms with van der Waals surface area (Å²) in [6.07, 6.45) is 1.00. The van der Waals surface area contributed by atoms with Crippen LogP contribution in [0.2, 0.25) is 0 Å². The number of aromatic nitrogens is 2. The van der Waals surface area contributed by atoms with Crippen LogP contribution in [0.1, 0.15) is 45.5 Å². The van der Waals surface area contributed by atoms with Crippen molar-refractivity contribution in [3.8, 4) is 0 Å². The molecule has 0 aliphatic rings. The molecule has 16 heavy (non-hydrogen) atoms. The quantitative estimate of drug-likeness (QED) is 0.826. The third-order valence-electron chi connectivity index (χ3n) is 2.90. The first-order valence-corrected chi connectivity index (χ1v) is 6.56. The van der Waals surface area contributed by atoms with E-state index in [2.05, 4.69) is 48.7 Å². The zero-order chi connectivity index (χ0) is 12.3. The van der Waals surface area contributed by atoms with Crippen molar-refractivity contribution in [1.29, 1.82) is 0 Å². The molecule has 3 nitrogen and oxygen atoms in total. The lowest BCUT2D eigenvalue weighted by atomic mass is 10.1. The van der Waals surface area contributed by atoms with Gasteiger partial charge in [-0.15, -0.1) is 0 Å². The molecule has 1 rings (SSSR count). The number of hydrogen-bond acceptors (Lipinski definition) is 2. The highest BCUT2D eigenvalue weighted by molar-refractivity contribution is 9.10. The van der Waals surface area contributed by atoms with Crippen molar-refractivity contribution in [1.82, 2.24) is 9.78 Å². The van der Waals surface area contributed by atoms with E-state index in [1.165, 1.54) is 0 Å². The lowest BCUT2D eigenvalue weighted by Crippen LogP contribution is -2.23. The average Bonchev–Trinajstić information content (AvgIpc) is 2.52. The molecule has 0 saturated heterocycles. The summed E-state index contributed by atoms with van der Waals surface area (Å²) in [7, 11) is 0. The Bertz CT molecular complexity index is 358. The standard InChI is InChI=1S/C12H21BrN2O/c1-6-12(4,5)16-8-10-11(13)9(3)14-15(10)7-2/h6-8H2,1-5H3. The molecule has 0 aromatic carbocycles. The number of ether oxygens (including phenoxy) is 1. The molecular weight excluding hydrogens is 268 g/mol. The number of aryl methyl sites for hydroxylation is 2. The van der Waals surface area contributed by atoms with Gasteiger partial charge in [0.2, 0.25) is 0 Å². The molecule has 0 radical (unpaired) electrons. The van der Waals surface area contributed by atoms with Crippen molar-refractivity contribution in [3.63, 3.8) is 0 Å². The minimum atomic E-state index is -0.0732. The van der Waals surface area contributed by atoms with Gasteiger partial charge in [-0.3, -0.25) is 4.68 Å². The van der Waals surface area contributed by atoms with Crippen LogP contribution in [0.15, 0.2) is 4.47 Å². The van der Waals surface area contributed by atoms with E-state index < -0.39 is 0 Å². The predicted octanol–water partition coefficient (Wildman–Crippen LogP) is 3.68. The Balaban J connectivity index is 2.81. The van der Waals surface area contributed by atoms with Gasteiger partial charge in [0.05, 0.1) is 28.1 Å². The van der Waals surface area contributed by atoms with E-state index in [1.807, 2.05) is 11.6 Å². The first kappa shape index (κ1) is 13.7. The summed E-state index contributed by atoms with van der Waals surface area (Å²) in [5.41, 5.74) is 2.08. The average molecular weight is 289 g/mol. The first-order valence-electron chi connectivity index (χ1n) is 5.77. The molecule has 1 aromatic rings. The van der Waals surface area contributed by atoms with E-state index >= 15 is 0 Å². The van der Waals surface area contributed by atoms with Gasteiger partial charge in [-0.2, -0.15) is 5.10 Å². The maximum atomic E-state index is 5.91. The SMILES string of the molecule is CCn1nc(C)c(Br)c1COC(C)(C)CC. The Hall–Kier alpha value is -0.350. The minimum absolute atomic E-state index is 0.0732. The third kappa shape index (κ3) is 3.08. The zero-order valence-corrected chi connectivity index (χ0v) is 12.4. The van der Waals surface area contributed by atoms with E-state index in [1.54, 1.807) is 0 Å². The maximum Gasteiger partial charge on any atom is 0.0903 e. The molecule has 0 bridgehead atoms. The van der Waals surface area contributed by atoms with Gasteiger partial charge in [-0.25, -0.2) is 0 Å². The zero-order valence-electron chi connectivity index (χ0n) is 10.8. The van der Waals surface area contributed by atoms with Crippen molar-refractivity contribution in [2.45, 2.75) is 59.8 Å². The number of hydrogen-bond donors (Lipinski definition) is 0. The van der Waals surface area contributed by atoms with Crippen LogP contribution in [-0.2, 0) is 17.9 Å². The number of rotatable bonds is 5. The van der Waals surface area contributed by atoms with Crippen LogP contribution in [0.4, 0.5) is 0 Å². The molecule has 92 valence electrons. The van der Waals surface area contributed by atoms with Crippen LogP contribution >= 0.6 is 15.9 Å². The fourth-order valence-corrected chi connectivity index (χ4v) is 1.77. The van der Waals surface area contributed by atoms with E-state index in [-0.39, 0.29) is 5.60 Å². The predicted molar refractivity (Wildman–Crippen MR) is 69.5 cm³/mol. The molecule has 0 N–H and O–H groups in total. The lowest BCUT2D eigenvalue weighted by molar-refractivity contribution is -0.0346. The van der Waals surface area contributed by atoms with Gasteiger partial charge in [-0.1, -0.05) is 6.92 Å². The van der Waals surface area contributed by atoms with Gasteiger partial charge < -0.3 is 4.74 Å². The monoisotopic (exact) mass is 288 g/mol. The van der Waals surface area contributed by atoms with Gasteiger partial charge >= 0.3 is 0 Å². The Labute approximate surface area is 106 Å². The summed E-state index contributed by atoms with van der Waals surface area (Å²) in [4.78, 5) is 0. The molecule has 0 fully saturated rings. The molecular formula is C12H21BrN2O. The Morgan fingerprint density at radius 1 is 1.38 bits per heavy atom.